The quantitative estimate of drug-likeness (QED) is 0.211. The summed E-state index contributed by atoms with van der Waals surface area (Å²) in [5.41, 5.74) is 1.85. The lowest BCUT2D eigenvalue weighted by atomic mass is 10.1. The lowest BCUT2D eigenvalue weighted by Crippen LogP contribution is -2.14. The Morgan fingerprint density at radius 1 is 1.03 bits per heavy atom. The van der Waals surface area contributed by atoms with Crippen LogP contribution in [0, 0.1) is 0 Å². The predicted molar refractivity (Wildman–Crippen MR) is 127 cm³/mol. The maximum atomic E-state index is 12.4. The fourth-order valence-electron chi connectivity index (χ4n) is 2.73. The van der Waals surface area contributed by atoms with Gasteiger partial charge in [0.1, 0.15) is 0 Å². The van der Waals surface area contributed by atoms with Gasteiger partial charge in [-0.25, -0.2) is 4.79 Å². The van der Waals surface area contributed by atoms with Crippen LogP contribution in [0.3, 0.4) is 0 Å². The zero-order valence-corrected chi connectivity index (χ0v) is 19.3. The molecule has 0 saturated heterocycles. The summed E-state index contributed by atoms with van der Waals surface area (Å²) in [5, 5.41) is 17.3. The van der Waals surface area contributed by atoms with Crippen molar-refractivity contribution in [3.05, 3.63) is 71.9 Å². The standard InChI is InChI=1S/C22H17N5O5S2/c1-31-20(30)14-7-9-15(10-8-14)23-18(28)12-33-22-26-25-21(34-22)24-19(29)16-11-17(32-27-16)13-5-3-2-4-6-13/h2-11H,12H2,1H3,(H,23,28)(H,24,25,29). The number of ether oxygens (including phenoxy) is 1. The summed E-state index contributed by atoms with van der Waals surface area (Å²) < 4.78 is 10.4. The molecular weight excluding hydrogens is 478 g/mol. The normalized spacial score (nSPS) is 10.5. The van der Waals surface area contributed by atoms with Crippen molar-refractivity contribution >= 4 is 51.7 Å². The monoisotopic (exact) mass is 495 g/mol. The fourth-order valence-corrected chi connectivity index (χ4v) is 4.28. The second-order valence-electron chi connectivity index (χ2n) is 6.68. The van der Waals surface area contributed by atoms with E-state index in [9.17, 15) is 14.4 Å². The number of nitrogens with one attached hydrogen (secondary N) is 2. The molecule has 2 heterocycles. The van der Waals surface area contributed by atoms with Crippen LogP contribution in [0.15, 0.2) is 69.5 Å². The second kappa shape index (κ2) is 10.7. The minimum absolute atomic E-state index is 0.0883. The first-order chi connectivity index (χ1) is 16.5. The fraction of sp³-hybridized carbons (Fsp3) is 0.0909. The highest BCUT2D eigenvalue weighted by molar-refractivity contribution is 8.01. The molecule has 2 aromatic heterocycles. The van der Waals surface area contributed by atoms with E-state index in [0.29, 0.717) is 21.4 Å². The van der Waals surface area contributed by atoms with Gasteiger partial charge in [-0.3, -0.25) is 14.9 Å². The first kappa shape index (κ1) is 23.1. The lowest BCUT2D eigenvalue weighted by Gasteiger charge is -2.05. The number of nitrogens with zero attached hydrogens (tertiary/aromatic N) is 3. The van der Waals surface area contributed by atoms with E-state index in [1.54, 1.807) is 30.3 Å². The van der Waals surface area contributed by atoms with Gasteiger partial charge in [0.05, 0.1) is 18.4 Å². The Morgan fingerprint density at radius 3 is 2.53 bits per heavy atom. The Hall–Kier alpha value is -4.03. The van der Waals surface area contributed by atoms with Crippen LogP contribution < -0.4 is 10.6 Å². The molecule has 0 bridgehead atoms. The topological polar surface area (TPSA) is 136 Å². The van der Waals surface area contributed by atoms with E-state index in [1.807, 2.05) is 30.3 Å². The van der Waals surface area contributed by atoms with E-state index in [4.69, 9.17) is 4.52 Å². The van der Waals surface area contributed by atoms with Gasteiger partial charge in [-0.15, -0.1) is 10.2 Å². The van der Waals surface area contributed by atoms with Crippen LogP contribution in [0.1, 0.15) is 20.8 Å². The van der Waals surface area contributed by atoms with E-state index in [1.165, 1.54) is 18.9 Å². The number of hydrogen-bond acceptors (Lipinski definition) is 10. The summed E-state index contributed by atoms with van der Waals surface area (Å²) in [5.74, 6) is -0.622. The van der Waals surface area contributed by atoms with E-state index in [2.05, 4.69) is 30.7 Å². The Labute approximate surface area is 201 Å². The molecule has 4 aromatic rings. The molecule has 2 N–H and O–H groups in total. The highest BCUT2D eigenvalue weighted by Crippen LogP contribution is 2.26. The van der Waals surface area contributed by atoms with Crippen molar-refractivity contribution in [2.75, 3.05) is 23.5 Å². The Balaban J connectivity index is 1.27. The predicted octanol–water partition coefficient (Wildman–Crippen LogP) is 3.96. The van der Waals surface area contributed by atoms with Crippen LogP contribution in [-0.4, -0.2) is 46.0 Å². The number of hydrogen-bond donors (Lipinski definition) is 2. The average Bonchev–Trinajstić information content (AvgIpc) is 3.53. The van der Waals surface area contributed by atoms with Gasteiger partial charge in [0.2, 0.25) is 11.0 Å². The molecule has 0 aliphatic carbocycles. The van der Waals surface area contributed by atoms with Gasteiger partial charge < -0.3 is 14.6 Å². The second-order valence-corrected chi connectivity index (χ2v) is 8.88. The van der Waals surface area contributed by atoms with Crippen molar-refractivity contribution in [1.29, 1.82) is 0 Å². The largest absolute Gasteiger partial charge is 0.465 e. The van der Waals surface area contributed by atoms with Crippen LogP contribution in [0.5, 0.6) is 0 Å². The van der Waals surface area contributed by atoms with Crippen LogP contribution in [0.2, 0.25) is 0 Å². The third kappa shape index (κ3) is 5.85. The highest BCUT2D eigenvalue weighted by atomic mass is 32.2. The van der Waals surface area contributed by atoms with Crippen LogP contribution >= 0.6 is 23.1 Å². The molecule has 0 aliphatic rings. The Kier molecular flexibility index (Phi) is 7.30. The van der Waals surface area contributed by atoms with E-state index in [-0.39, 0.29) is 22.5 Å². The van der Waals surface area contributed by atoms with Gasteiger partial charge in [-0.2, -0.15) is 0 Å². The van der Waals surface area contributed by atoms with Crippen molar-refractivity contribution in [3.63, 3.8) is 0 Å². The molecule has 2 amide bonds. The molecule has 0 fully saturated rings. The minimum atomic E-state index is -0.480. The number of thioether (sulfide) groups is 1. The number of amides is 2. The average molecular weight is 496 g/mol. The molecule has 0 atom stereocenters. The molecule has 34 heavy (non-hydrogen) atoms. The summed E-state index contributed by atoms with van der Waals surface area (Å²) >= 11 is 2.31. The summed E-state index contributed by atoms with van der Waals surface area (Å²) in [6.07, 6.45) is 0. The van der Waals surface area contributed by atoms with Crippen LogP contribution in [-0.2, 0) is 9.53 Å². The molecule has 0 unspecified atom stereocenters. The first-order valence-electron chi connectivity index (χ1n) is 9.80. The Morgan fingerprint density at radius 2 is 1.79 bits per heavy atom. The van der Waals surface area contributed by atoms with E-state index < -0.39 is 11.9 Å². The number of esters is 1. The summed E-state index contributed by atoms with van der Waals surface area (Å²) in [4.78, 5) is 36.1. The van der Waals surface area contributed by atoms with Crippen molar-refractivity contribution in [2.45, 2.75) is 4.34 Å². The molecule has 4 rings (SSSR count). The van der Waals surface area contributed by atoms with Gasteiger partial charge >= 0.3 is 5.97 Å². The Bertz CT molecular complexity index is 1300. The third-order valence-electron chi connectivity index (χ3n) is 4.34. The zero-order chi connectivity index (χ0) is 23.9. The van der Waals surface area contributed by atoms with E-state index in [0.717, 1.165) is 16.9 Å². The molecule has 0 saturated carbocycles. The smallest absolute Gasteiger partial charge is 0.337 e. The molecule has 2 aromatic carbocycles. The first-order valence-corrected chi connectivity index (χ1v) is 11.6. The lowest BCUT2D eigenvalue weighted by molar-refractivity contribution is -0.113. The van der Waals surface area contributed by atoms with Crippen molar-refractivity contribution in [2.24, 2.45) is 0 Å². The molecule has 0 spiro atoms. The summed E-state index contributed by atoms with van der Waals surface area (Å²) in [6.45, 7) is 0. The number of benzene rings is 2. The van der Waals surface area contributed by atoms with Crippen molar-refractivity contribution in [3.8, 4) is 11.3 Å². The SMILES string of the molecule is COC(=O)c1ccc(NC(=O)CSc2nnc(NC(=O)c3cc(-c4ccccc4)on3)s2)cc1. The van der Waals surface area contributed by atoms with Gasteiger partial charge in [0.25, 0.3) is 5.91 Å². The number of carbonyl (C=O) groups is 3. The number of anilines is 2. The molecule has 172 valence electrons. The van der Waals surface area contributed by atoms with Crippen molar-refractivity contribution < 1.29 is 23.6 Å². The third-order valence-corrected chi connectivity index (χ3v) is 6.32. The maximum Gasteiger partial charge on any atom is 0.337 e. The van der Waals surface area contributed by atoms with Gasteiger partial charge in [0, 0.05) is 17.3 Å². The van der Waals surface area contributed by atoms with Crippen LogP contribution in [0.4, 0.5) is 10.8 Å². The van der Waals surface area contributed by atoms with Crippen molar-refractivity contribution in [1.82, 2.24) is 15.4 Å². The zero-order valence-electron chi connectivity index (χ0n) is 17.7. The number of rotatable bonds is 8. The minimum Gasteiger partial charge on any atom is -0.465 e. The number of methoxy groups -OCH3 is 1. The molecule has 10 nitrogen and oxygen atoms in total. The molecular formula is C22H17N5O5S2. The van der Waals surface area contributed by atoms with Gasteiger partial charge in [-0.1, -0.05) is 58.6 Å². The number of carbonyl (C=O) groups excluding carboxylic acids is 3. The molecule has 0 radical (unpaired) electrons. The van der Waals surface area contributed by atoms with Gasteiger partial charge in [-0.05, 0) is 24.3 Å². The van der Waals surface area contributed by atoms with Crippen LogP contribution in [0.25, 0.3) is 11.3 Å². The highest BCUT2D eigenvalue weighted by Gasteiger charge is 2.16. The number of aromatic nitrogens is 3. The summed E-state index contributed by atoms with van der Waals surface area (Å²) in [7, 11) is 1.30. The molecule has 12 heteroatoms. The maximum absolute atomic E-state index is 12.4. The van der Waals surface area contributed by atoms with Gasteiger partial charge in [0.15, 0.2) is 15.8 Å². The molecule has 0 aliphatic heterocycles. The van der Waals surface area contributed by atoms with E-state index >= 15 is 0 Å². The summed E-state index contributed by atoms with van der Waals surface area (Å²) in [6, 6.07) is 17.2.